The molecule has 0 heterocycles. The van der Waals surface area contributed by atoms with E-state index in [1.807, 2.05) is 0 Å². The second-order valence-electron chi connectivity index (χ2n) is 6.34. The summed E-state index contributed by atoms with van der Waals surface area (Å²) in [4.78, 5) is 14.4. The van der Waals surface area contributed by atoms with Crippen molar-refractivity contribution >= 4 is 20.3 Å². The van der Waals surface area contributed by atoms with Gasteiger partial charge in [0.2, 0.25) is 0 Å². The number of rotatable bonds is 5. The van der Waals surface area contributed by atoms with Crippen molar-refractivity contribution in [1.82, 2.24) is 0 Å². The van der Waals surface area contributed by atoms with Gasteiger partial charge in [-0.05, 0) is 18.0 Å². The number of carbonyl (C=O) groups excluding carboxylic acids is 1. The van der Waals surface area contributed by atoms with Crippen molar-refractivity contribution < 1.29 is 14.3 Å². The predicted octanol–water partition coefficient (Wildman–Crippen LogP) is 3.37. The van der Waals surface area contributed by atoms with Crippen molar-refractivity contribution in [2.45, 2.75) is 57.8 Å². The normalized spacial score (nSPS) is 17.6. The van der Waals surface area contributed by atoms with Crippen molar-refractivity contribution in [2.75, 3.05) is 0 Å². The molecule has 110 valence electrons. The van der Waals surface area contributed by atoms with E-state index in [1.54, 1.807) is 0 Å². The fraction of sp³-hybridized carbons (Fsp3) is 0.667. The minimum atomic E-state index is -1.66. The van der Waals surface area contributed by atoms with Crippen molar-refractivity contribution in [3.8, 4) is 0 Å². The van der Waals surface area contributed by atoms with Crippen LogP contribution in [0, 0.1) is 5.92 Å². The number of hydrogen-bond acceptors (Lipinski definition) is 2. The second kappa shape index (κ2) is 7.39. The van der Waals surface area contributed by atoms with Gasteiger partial charge in [0.25, 0.3) is 0 Å². The SMILES string of the molecule is C=C=C(C(OC(=O)C=[N+]=[N-])C1CCCCC1)[Si](C)(C)C. The van der Waals surface area contributed by atoms with E-state index < -0.39 is 14.0 Å². The van der Waals surface area contributed by atoms with E-state index in [2.05, 4.69) is 36.7 Å². The van der Waals surface area contributed by atoms with Gasteiger partial charge in [-0.3, -0.25) is 0 Å². The van der Waals surface area contributed by atoms with E-state index in [-0.39, 0.29) is 6.10 Å². The van der Waals surface area contributed by atoms with Crippen molar-refractivity contribution in [1.29, 1.82) is 0 Å². The molecule has 0 aromatic carbocycles. The molecular weight excluding hydrogens is 268 g/mol. The zero-order valence-electron chi connectivity index (χ0n) is 12.7. The van der Waals surface area contributed by atoms with Crippen LogP contribution in [0.25, 0.3) is 5.53 Å². The Morgan fingerprint density at radius 3 is 2.45 bits per heavy atom. The zero-order chi connectivity index (χ0) is 15.2. The van der Waals surface area contributed by atoms with Crippen molar-refractivity contribution in [2.24, 2.45) is 5.92 Å². The van der Waals surface area contributed by atoms with Crippen LogP contribution >= 0.6 is 0 Å². The molecule has 4 nitrogen and oxygen atoms in total. The molecular formula is C15H24N2O2Si. The molecule has 1 atom stereocenters. The molecule has 1 rings (SSSR count). The predicted molar refractivity (Wildman–Crippen MR) is 82.1 cm³/mol. The van der Waals surface area contributed by atoms with E-state index in [1.165, 1.54) is 19.3 Å². The maximum Gasteiger partial charge on any atom is 0.414 e. The first-order valence-electron chi connectivity index (χ1n) is 7.18. The van der Waals surface area contributed by atoms with Crippen LogP contribution in [0.15, 0.2) is 17.5 Å². The lowest BCUT2D eigenvalue weighted by Crippen LogP contribution is -2.40. The first-order valence-corrected chi connectivity index (χ1v) is 10.7. The second-order valence-corrected chi connectivity index (χ2v) is 11.4. The maximum atomic E-state index is 11.7. The minimum absolute atomic E-state index is 0.273. The number of ether oxygens (including phenoxy) is 1. The van der Waals surface area contributed by atoms with Gasteiger partial charge in [0.05, 0.1) is 8.07 Å². The first-order chi connectivity index (χ1) is 9.40. The average molecular weight is 292 g/mol. The molecule has 0 aromatic rings. The molecule has 0 aromatic heterocycles. The molecule has 0 radical (unpaired) electrons. The van der Waals surface area contributed by atoms with Gasteiger partial charge < -0.3 is 10.3 Å². The van der Waals surface area contributed by atoms with E-state index in [4.69, 9.17) is 10.3 Å². The van der Waals surface area contributed by atoms with Crippen LogP contribution in [-0.4, -0.2) is 31.2 Å². The lowest BCUT2D eigenvalue weighted by Gasteiger charge is -2.34. The number of carbonyl (C=O) groups is 1. The average Bonchev–Trinajstić information content (AvgIpc) is 2.38. The third-order valence-electron chi connectivity index (χ3n) is 3.77. The van der Waals surface area contributed by atoms with Crippen LogP contribution in [0.1, 0.15) is 32.1 Å². The Hall–Kier alpha value is -1.41. The highest BCUT2D eigenvalue weighted by Gasteiger charge is 2.36. The standard InChI is InChI=1S/C15H24N2O2Si/c1-5-13(20(2,3)4)15(19-14(18)11-17-16)12-9-7-6-8-10-12/h11-12,15H,1,6-10H2,2-4H3. The smallest absolute Gasteiger partial charge is 0.414 e. The monoisotopic (exact) mass is 292 g/mol. The molecule has 0 N–H and O–H groups in total. The van der Waals surface area contributed by atoms with Crippen LogP contribution in [-0.2, 0) is 9.53 Å². The highest BCUT2D eigenvalue weighted by Crippen LogP contribution is 2.34. The summed E-state index contributed by atoms with van der Waals surface area (Å²) in [5.74, 6) is -0.273. The molecule has 1 saturated carbocycles. The summed E-state index contributed by atoms with van der Waals surface area (Å²) < 4.78 is 5.56. The van der Waals surface area contributed by atoms with E-state index >= 15 is 0 Å². The molecule has 1 fully saturated rings. The van der Waals surface area contributed by atoms with Gasteiger partial charge in [0, 0.05) is 5.92 Å². The van der Waals surface area contributed by atoms with Gasteiger partial charge in [-0.15, -0.1) is 5.73 Å². The Labute approximate surface area is 122 Å². The highest BCUT2D eigenvalue weighted by molar-refractivity contribution is 6.83. The minimum Gasteiger partial charge on any atom is -0.449 e. The lowest BCUT2D eigenvalue weighted by atomic mass is 9.85. The molecule has 20 heavy (non-hydrogen) atoms. The molecule has 1 aliphatic rings. The van der Waals surface area contributed by atoms with Crippen LogP contribution < -0.4 is 0 Å². The number of nitrogens with zero attached hydrogens (tertiary/aromatic N) is 2. The van der Waals surface area contributed by atoms with Crippen LogP contribution in [0.5, 0.6) is 0 Å². The van der Waals surface area contributed by atoms with Gasteiger partial charge in [-0.2, -0.15) is 4.79 Å². The van der Waals surface area contributed by atoms with Crippen LogP contribution in [0.2, 0.25) is 19.6 Å². The molecule has 5 heteroatoms. The fourth-order valence-electron chi connectivity index (χ4n) is 2.82. The highest BCUT2D eigenvalue weighted by atomic mass is 28.3. The molecule has 0 spiro atoms. The first kappa shape index (κ1) is 16.6. The molecule has 0 amide bonds. The topological polar surface area (TPSA) is 62.7 Å². The third-order valence-corrected chi connectivity index (χ3v) is 5.84. The summed E-state index contributed by atoms with van der Waals surface area (Å²) in [7, 11) is -1.66. The Kier molecular flexibility index (Phi) is 6.15. The van der Waals surface area contributed by atoms with Gasteiger partial charge >= 0.3 is 12.2 Å². The summed E-state index contributed by atoms with van der Waals surface area (Å²) in [5, 5.41) is 1.05. The van der Waals surface area contributed by atoms with Gasteiger partial charge in [-0.1, -0.05) is 45.5 Å². The largest absolute Gasteiger partial charge is 0.449 e. The molecule has 0 bridgehead atoms. The Bertz CT molecular complexity index is 449. The molecule has 1 unspecified atom stereocenters. The van der Waals surface area contributed by atoms with Gasteiger partial charge in [0.1, 0.15) is 6.10 Å². The van der Waals surface area contributed by atoms with Crippen molar-refractivity contribution in [3.05, 3.63) is 23.0 Å². The maximum absolute atomic E-state index is 11.7. The van der Waals surface area contributed by atoms with Crippen molar-refractivity contribution in [3.63, 3.8) is 0 Å². The lowest BCUT2D eigenvalue weighted by molar-refractivity contribution is -0.144. The quantitative estimate of drug-likeness (QED) is 0.195. The van der Waals surface area contributed by atoms with E-state index in [0.29, 0.717) is 5.92 Å². The summed E-state index contributed by atoms with van der Waals surface area (Å²) >= 11 is 0. The molecule has 1 aliphatic carbocycles. The summed E-state index contributed by atoms with van der Waals surface area (Å²) in [5.41, 5.74) is 11.5. The summed E-state index contributed by atoms with van der Waals surface area (Å²) in [6.45, 7) is 10.4. The van der Waals surface area contributed by atoms with Gasteiger partial charge in [0.15, 0.2) is 0 Å². The van der Waals surface area contributed by atoms with E-state index in [9.17, 15) is 4.79 Å². The fourth-order valence-corrected chi connectivity index (χ4v) is 4.50. The Balaban J connectivity index is 3.02. The number of esters is 1. The number of hydrogen-bond donors (Lipinski definition) is 0. The van der Waals surface area contributed by atoms with Gasteiger partial charge in [-0.25, -0.2) is 4.79 Å². The van der Waals surface area contributed by atoms with Crippen LogP contribution in [0.3, 0.4) is 0 Å². The Morgan fingerprint density at radius 2 is 2.00 bits per heavy atom. The Morgan fingerprint density at radius 1 is 1.40 bits per heavy atom. The third kappa shape index (κ3) is 4.60. The zero-order valence-corrected chi connectivity index (χ0v) is 13.7. The molecule has 0 saturated heterocycles. The summed E-state index contributed by atoms with van der Waals surface area (Å²) in [6, 6.07) is 0. The molecule has 0 aliphatic heterocycles. The van der Waals surface area contributed by atoms with Crippen LogP contribution in [0.4, 0.5) is 0 Å². The van der Waals surface area contributed by atoms with E-state index in [0.717, 1.165) is 24.3 Å². The summed E-state index contributed by atoms with van der Waals surface area (Å²) in [6.07, 6.45) is 6.24.